The van der Waals surface area contributed by atoms with E-state index in [2.05, 4.69) is 5.32 Å². The van der Waals surface area contributed by atoms with E-state index in [0.29, 0.717) is 28.4 Å². The van der Waals surface area contributed by atoms with Gasteiger partial charge in [0.2, 0.25) is 5.91 Å². The number of rotatable bonds is 6. The summed E-state index contributed by atoms with van der Waals surface area (Å²) >= 11 is 0. The van der Waals surface area contributed by atoms with Crippen molar-refractivity contribution >= 4 is 29.2 Å². The summed E-state index contributed by atoms with van der Waals surface area (Å²) in [4.78, 5) is 37.1. The van der Waals surface area contributed by atoms with Crippen molar-refractivity contribution in [3.8, 4) is 11.5 Å². The van der Waals surface area contributed by atoms with Gasteiger partial charge in [0.1, 0.15) is 11.5 Å². The van der Waals surface area contributed by atoms with Crippen LogP contribution in [-0.4, -0.2) is 43.7 Å². The summed E-state index contributed by atoms with van der Waals surface area (Å²) in [5, 5.41) is 11.9. The molecule has 0 bridgehead atoms. The summed E-state index contributed by atoms with van der Waals surface area (Å²) in [5.74, 6) is -1.23. The molecule has 0 aromatic heterocycles. The number of hydrogen-bond donors (Lipinski definition) is 2. The van der Waals surface area contributed by atoms with Gasteiger partial charge in [-0.1, -0.05) is 0 Å². The van der Waals surface area contributed by atoms with Gasteiger partial charge < -0.3 is 24.8 Å². The summed E-state index contributed by atoms with van der Waals surface area (Å²) in [6.07, 6.45) is -0.0206. The fraction of sp³-hybridized carbons (Fsp3) is 0.250. The average molecular weight is 384 g/mol. The topological polar surface area (TPSA) is 105 Å². The molecule has 2 N–H and O–H groups in total. The molecule has 2 aromatic carbocycles. The maximum Gasteiger partial charge on any atom is 0.308 e. The standard InChI is InChI=1S/C20H20N2O6/c1-27-15-7-8-17(28-2)16(10-15)21-19(24)12-3-5-14(6-4-12)22-11-13(20(25)26)9-18(22)23/h3-8,10,13H,9,11H2,1-2H3,(H,21,24)(H,25,26)/t13-/m1/s1. The first kappa shape index (κ1) is 19.2. The number of aliphatic carboxylic acids is 1. The van der Waals surface area contributed by atoms with Gasteiger partial charge in [0.05, 0.1) is 25.8 Å². The smallest absolute Gasteiger partial charge is 0.308 e. The number of ether oxygens (including phenoxy) is 2. The Morgan fingerprint density at radius 3 is 2.39 bits per heavy atom. The fourth-order valence-corrected chi connectivity index (χ4v) is 3.02. The highest BCUT2D eigenvalue weighted by Gasteiger charge is 2.35. The van der Waals surface area contributed by atoms with Gasteiger partial charge in [0, 0.05) is 30.3 Å². The number of nitrogens with zero attached hydrogens (tertiary/aromatic N) is 1. The molecule has 2 aromatic rings. The van der Waals surface area contributed by atoms with Gasteiger partial charge >= 0.3 is 5.97 Å². The number of carboxylic acids is 1. The van der Waals surface area contributed by atoms with E-state index in [1.54, 1.807) is 42.5 Å². The number of carbonyl (C=O) groups is 3. The zero-order valence-corrected chi connectivity index (χ0v) is 15.5. The molecule has 1 heterocycles. The second kappa shape index (κ2) is 7.99. The van der Waals surface area contributed by atoms with E-state index in [1.165, 1.54) is 19.1 Å². The third kappa shape index (κ3) is 3.90. The van der Waals surface area contributed by atoms with Crippen molar-refractivity contribution < 1.29 is 29.0 Å². The number of carboxylic acid groups (broad SMARTS) is 1. The molecular formula is C20H20N2O6. The largest absolute Gasteiger partial charge is 0.497 e. The molecule has 1 fully saturated rings. The van der Waals surface area contributed by atoms with Crippen LogP contribution in [0.1, 0.15) is 16.8 Å². The first-order valence-electron chi connectivity index (χ1n) is 8.59. The molecule has 3 rings (SSSR count). The van der Waals surface area contributed by atoms with Gasteiger partial charge in [-0.3, -0.25) is 14.4 Å². The highest BCUT2D eigenvalue weighted by molar-refractivity contribution is 6.06. The van der Waals surface area contributed by atoms with E-state index >= 15 is 0 Å². The first-order chi connectivity index (χ1) is 13.4. The lowest BCUT2D eigenvalue weighted by molar-refractivity contribution is -0.141. The lowest BCUT2D eigenvalue weighted by Gasteiger charge is -2.16. The van der Waals surface area contributed by atoms with Crippen molar-refractivity contribution in [3.05, 3.63) is 48.0 Å². The van der Waals surface area contributed by atoms with Gasteiger partial charge in [-0.25, -0.2) is 0 Å². The van der Waals surface area contributed by atoms with E-state index in [9.17, 15) is 14.4 Å². The van der Waals surface area contributed by atoms with Crippen molar-refractivity contribution in [2.75, 3.05) is 31.0 Å². The first-order valence-corrected chi connectivity index (χ1v) is 8.59. The quantitative estimate of drug-likeness (QED) is 0.792. The summed E-state index contributed by atoms with van der Waals surface area (Å²) in [7, 11) is 3.03. The zero-order valence-electron chi connectivity index (χ0n) is 15.5. The Bertz CT molecular complexity index is 909. The maximum atomic E-state index is 12.6. The molecule has 28 heavy (non-hydrogen) atoms. The molecule has 0 spiro atoms. The van der Waals surface area contributed by atoms with Gasteiger partial charge in [-0.05, 0) is 36.4 Å². The Kier molecular flexibility index (Phi) is 5.49. The predicted molar refractivity (Wildman–Crippen MR) is 102 cm³/mol. The summed E-state index contributed by atoms with van der Waals surface area (Å²) in [6.45, 7) is 0.126. The molecular weight excluding hydrogens is 364 g/mol. The number of anilines is 2. The summed E-state index contributed by atoms with van der Waals surface area (Å²) < 4.78 is 10.4. The number of benzene rings is 2. The lowest BCUT2D eigenvalue weighted by Crippen LogP contribution is -2.25. The summed E-state index contributed by atoms with van der Waals surface area (Å²) in [6, 6.07) is 11.5. The molecule has 0 radical (unpaired) electrons. The Balaban J connectivity index is 1.74. The molecule has 0 unspecified atom stereocenters. The number of amides is 2. The number of hydrogen-bond acceptors (Lipinski definition) is 5. The normalized spacial score (nSPS) is 16.0. The minimum Gasteiger partial charge on any atom is -0.497 e. The lowest BCUT2D eigenvalue weighted by atomic mass is 10.1. The Hall–Kier alpha value is -3.55. The van der Waals surface area contributed by atoms with Crippen LogP contribution in [-0.2, 0) is 9.59 Å². The predicted octanol–water partition coefficient (Wildman–Crippen LogP) is 2.39. The van der Waals surface area contributed by atoms with Gasteiger partial charge in [0.15, 0.2) is 0 Å². The van der Waals surface area contributed by atoms with Crippen molar-refractivity contribution in [1.29, 1.82) is 0 Å². The van der Waals surface area contributed by atoms with Crippen LogP contribution in [0.4, 0.5) is 11.4 Å². The maximum absolute atomic E-state index is 12.6. The third-order valence-electron chi connectivity index (χ3n) is 4.57. The van der Waals surface area contributed by atoms with Crippen LogP contribution >= 0.6 is 0 Å². The van der Waals surface area contributed by atoms with E-state index in [-0.39, 0.29) is 24.8 Å². The SMILES string of the molecule is COc1ccc(OC)c(NC(=O)c2ccc(N3C[C@H](C(=O)O)CC3=O)cc2)c1. The third-order valence-corrected chi connectivity index (χ3v) is 4.57. The molecule has 2 amide bonds. The molecule has 1 atom stereocenters. The molecule has 1 aliphatic rings. The highest BCUT2D eigenvalue weighted by Crippen LogP contribution is 2.30. The molecule has 1 saturated heterocycles. The van der Waals surface area contributed by atoms with E-state index in [0.717, 1.165) is 0 Å². The van der Waals surface area contributed by atoms with Crippen LogP contribution in [0.2, 0.25) is 0 Å². The van der Waals surface area contributed by atoms with E-state index < -0.39 is 11.9 Å². The minimum absolute atomic E-state index is 0.0206. The van der Waals surface area contributed by atoms with Crippen LogP contribution in [0.15, 0.2) is 42.5 Å². The Morgan fingerprint density at radius 1 is 1.11 bits per heavy atom. The molecule has 1 aliphatic heterocycles. The van der Waals surface area contributed by atoms with Crippen molar-refractivity contribution in [1.82, 2.24) is 0 Å². The molecule has 0 saturated carbocycles. The molecule has 8 heteroatoms. The van der Waals surface area contributed by atoms with Crippen LogP contribution in [0, 0.1) is 5.92 Å². The van der Waals surface area contributed by atoms with Crippen LogP contribution < -0.4 is 19.7 Å². The zero-order chi connectivity index (χ0) is 20.3. The summed E-state index contributed by atoms with van der Waals surface area (Å²) in [5.41, 5.74) is 1.41. The van der Waals surface area contributed by atoms with Gasteiger partial charge in [0.25, 0.3) is 5.91 Å². The van der Waals surface area contributed by atoms with E-state index in [1.807, 2.05) is 0 Å². The van der Waals surface area contributed by atoms with Crippen LogP contribution in [0.5, 0.6) is 11.5 Å². The van der Waals surface area contributed by atoms with Crippen LogP contribution in [0.3, 0.4) is 0 Å². The van der Waals surface area contributed by atoms with E-state index in [4.69, 9.17) is 14.6 Å². The number of carbonyl (C=O) groups excluding carboxylic acids is 2. The number of methoxy groups -OCH3 is 2. The molecule has 8 nitrogen and oxygen atoms in total. The van der Waals surface area contributed by atoms with Crippen molar-refractivity contribution in [3.63, 3.8) is 0 Å². The Labute approximate surface area is 161 Å². The van der Waals surface area contributed by atoms with Crippen molar-refractivity contribution in [2.24, 2.45) is 5.92 Å². The second-order valence-electron chi connectivity index (χ2n) is 6.31. The highest BCUT2D eigenvalue weighted by atomic mass is 16.5. The van der Waals surface area contributed by atoms with Gasteiger partial charge in [-0.15, -0.1) is 0 Å². The second-order valence-corrected chi connectivity index (χ2v) is 6.31. The fourth-order valence-electron chi connectivity index (χ4n) is 3.02. The van der Waals surface area contributed by atoms with Crippen LogP contribution in [0.25, 0.3) is 0 Å². The Morgan fingerprint density at radius 2 is 1.82 bits per heavy atom. The number of nitrogens with one attached hydrogen (secondary N) is 1. The molecule has 146 valence electrons. The monoisotopic (exact) mass is 384 g/mol. The van der Waals surface area contributed by atoms with Crippen molar-refractivity contribution in [2.45, 2.75) is 6.42 Å². The average Bonchev–Trinajstić information content (AvgIpc) is 3.10. The molecule has 0 aliphatic carbocycles. The van der Waals surface area contributed by atoms with Gasteiger partial charge in [-0.2, -0.15) is 0 Å². The minimum atomic E-state index is -0.987.